The third-order valence-corrected chi connectivity index (χ3v) is 5.80. The predicted molar refractivity (Wildman–Crippen MR) is 122 cm³/mol. The summed E-state index contributed by atoms with van der Waals surface area (Å²) in [6.07, 6.45) is -0.452. The Hall–Kier alpha value is -0.740. The molecule has 2 atom stereocenters. The van der Waals surface area contributed by atoms with Crippen molar-refractivity contribution in [2.45, 2.75) is 43.8 Å². The van der Waals surface area contributed by atoms with Gasteiger partial charge in [0.05, 0.1) is 6.54 Å². The fourth-order valence-electron chi connectivity index (χ4n) is 3.91. The summed E-state index contributed by atoms with van der Waals surface area (Å²) in [7, 11) is 1.75. The van der Waals surface area contributed by atoms with Gasteiger partial charge in [-0.1, -0.05) is 23.7 Å². The summed E-state index contributed by atoms with van der Waals surface area (Å²) in [6.45, 7) is 1.04. The number of guanidine groups is 1. The van der Waals surface area contributed by atoms with E-state index in [1.54, 1.807) is 7.05 Å². The number of likely N-dealkylation sites (tertiary alicyclic amines) is 1. The van der Waals surface area contributed by atoms with Crippen molar-refractivity contribution < 1.29 is 13.2 Å². The molecule has 1 aliphatic carbocycles. The van der Waals surface area contributed by atoms with Gasteiger partial charge in [0.15, 0.2) is 5.96 Å². The van der Waals surface area contributed by atoms with Crippen molar-refractivity contribution in [1.29, 1.82) is 0 Å². The monoisotopic (exact) mass is 544 g/mol. The third kappa shape index (κ3) is 8.13. The third-order valence-electron chi connectivity index (χ3n) is 5.57. The Morgan fingerprint density at radius 3 is 2.62 bits per heavy atom. The van der Waals surface area contributed by atoms with E-state index in [9.17, 15) is 13.2 Å². The molecule has 0 radical (unpaired) electrons. The van der Waals surface area contributed by atoms with Crippen molar-refractivity contribution in [3.05, 3.63) is 34.9 Å². The highest BCUT2D eigenvalue weighted by molar-refractivity contribution is 14.0. The van der Waals surface area contributed by atoms with Gasteiger partial charge in [-0.05, 0) is 62.4 Å². The first kappa shape index (κ1) is 24.5. The first-order valence-electron chi connectivity index (χ1n) is 9.86. The molecule has 0 aromatic heterocycles. The minimum atomic E-state index is -4.10. The predicted octanol–water partition coefficient (Wildman–Crippen LogP) is 4.64. The summed E-state index contributed by atoms with van der Waals surface area (Å²) in [5, 5.41) is 7.54. The molecule has 4 nitrogen and oxygen atoms in total. The molecular formula is C20H29ClF3IN4. The number of hydrogen-bond acceptors (Lipinski definition) is 2. The molecule has 164 valence electrons. The molecule has 2 unspecified atom stereocenters. The Morgan fingerprint density at radius 1 is 1.28 bits per heavy atom. The first-order valence-corrected chi connectivity index (χ1v) is 10.2. The van der Waals surface area contributed by atoms with Crippen molar-refractivity contribution >= 4 is 41.5 Å². The number of rotatable bonds is 6. The maximum Gasteiger partial charge on any atom is 0.401 e. The molecule has 0 amide bonds. The van der Waals surface area contributed by atoms with Crippen molar-refractivity contribution in [2.75, 3.05) is 33.2 Å². The Labute approximate surface area is 192 Å². The van der Waals surface area contributed by atoms with Crippen LogP contribution in [-0.4, -0.2) is 56.3 Å². The van der Waals surface area contributed by atoms with E-state index in [0.717, 1.165) is 43.2 Å². The Balaban J connectivity index is 0.00000300. The molecule has 1 heterocycles. The number of benzene rings is 1. The molecule has 1 saturated carbocycles. The van der Waals surface area contributed by atoms with E-state index in [0.29, 0.717) is 31.0 Å². The Morgan fingerprint density at radius 2 is 2.00 bits per heavy atom. The Bertz CT molecular complexity index is 678. The van der Waals surface area contributed by atoms with Gasteiger partial charge in [0.1, 0.15) is 0 Å². The standard InChI is InChI=1S/C20H28ClF3N4.HI/c1-25-19(27-18-12-17(18)15-3-2-4-16(21)11-15)26-8-5-14-6-9-28(10-7-14)13-20(22,23)24;/h2-4,11,14,17-18H,5-10,12-13H2,1H3,(H2,25,26,27);1H. The molecule has 2 fully saturated rings. The van der Waals surface area contributed by atoms with Gasteiger partial charge in [-0.15, -0.1) is 24.0 Å². The Kier molecular flexibility index (Phi) is 9.34. The molecule has 29 heavy (non-hydrogen) atoms. The van der Waals surface area contributed by atoms with E-state index in [-0.39, 0.29) is 24.0 Å². The van der Waals surface area contributed by atoms with Crippen molar-refractivity contribution in [3.63, 3.8) is 0 Å². The molecule has 2 aliphatic rings. The largest absolute Gasteiger partial charge is 0.401 e. The van der Waals surface area contributed by atoms with Crippen LogP contribution in [0.25, 0.3) is 0 Å². The minimum absolute atomic E-state index is 0. The van der Waals surface area contributed by atoms with Crippen LogP contribution < -0.4 is 10.6 Å². The van der Waals surface area contributed by atoms with Crippen molar-refractivity contribution in [3.8, 4) is 0 Å². The fourth-order valence-corrected chi connectivity index (χ4v) is 4.11. The molecular weight excluding hydrogens is 516 g/mol. The van der Waals surface area contributed by atoms with Crippen LogP contribution in [0.5, 0.6) is 0 Å². The zero-order chi connectivity index (χ0) is 20.1. The van der Waals surface area contributed by atoms with Crippen LogP contribution in [0, 0.1) is 5.92 Å². The maximum atomic E-state index is 12.5. The summed E-state index contributed by atoms with van der Waals surface area (Å²) in [5.74, 6) is 1.70. The quantitative estimate of drug-likeness (QED) is 0.311. The van der Waals surface area contributed by atoms with E-state index >= 15 is 0 Å². The highest BCUT2D eigenvalue weighted by atomic mass is 127. The molecule has 1 aliphatic heterocycles. The van der Waals surface area contributed by atoms with E-state index in [1.165, 1.54) is 10.5 Å². The number of aliphatic imine (C=N–C) groups is 1. The molecule has 1 saturated heterocycles. The fraction of sp³-hybridized carbons (Fsp3) is 0.650. The van der Waals surface area contributed by atoms with E-state index in [2.05, 4.69) is 21.7 Å². The van der Waals surface area contributed by atoms with Gasteiger partial charge < -0.3 is 10.6 Å². The average Bonchev–Trinajstić information content (AvgIpc) is 3.40. The van der Waals surface area contributed by atoms with Crippen LogP contribution in [0.4, 0.5) is 13.2 Å². The highest BCUT2D eigenvalue weighted by Crippen LogP contribution is 2.41. The number of nitrogens with one attached hydrogen (secondary N) is 2. The second-order valence-corrected chi connectivity index (χ2v) is 8.21. The summed E-state index contributed by atoms with van der Waals surface area (Å²) >= 11 is 6.07. The lowest BCUT2D eigenvalue weighted by Crippen LogP contribution is -2.42. The summed E-state index contributed by atoms with van der Waals surface area (Å²) in [4.78, 5) is 5.79. The molecule has 0 spiro atoms. The van der Waals surface area contributed by atoms with Gasteiger partial charge in [0.25, 0.3) is 0 Å². The first-order chi connectivity index (χ1) is 13.3. The van der Waals surface area contributed by atoms with Crippen LogP contribution >= 0.6 is 35.6 Å². The van der Waals surface area contributed by atoms with Crippen LogP contribution in [0.2, 0.25) is 5.02 Å². The smallest absolute Gasteiger partial charge is 0.356 e. The van der Waals surface area contributed by atoms with Gasteiger partial charge in [0, 0.05) is 30.6 Å². The molecule has 1 aromatic rings. The minimum Gasteiger partial charge on any atom is -0.356 e. The van der Waals surface area contributed by atoms with Gasteiger partial charge in [0.2, 0.25) is 0 Å². The SMILES string of the molecule is CN=C(NCCC1CCN(CC(F)(F)F)CC1)NC1CC1c1cccc(Cl)c1.I. The van der Waals surface area contributed by atoms with Gasteiger partial charge in [-0.2, -0.15) is 13.2 Å². The second kappa shape index (κ2) is 11.0. The average molecular weight is 545 g/mol. The van der Waals surface area contributed by atoms with E-state index in [4.69, 9.17) is 11.6 Å². The van der Waals surface area contributed by atoms with Crippen LogP contribution in [0.3, 0.4) is 0 Å². The summed E-state index contributed by atoms with van der Waals surface area (Å²) in [6, 6.07) is 8.31. The normalized spacial score (nSPS) is 23.4. The molecule has 1 aromatic carbocycles. The molecule has 2 N–H and O–H groups in total. The lowest BCUT2D eigenvalue weighted by molar-refractivity contribution is -0.148. The van der Waals surface area contributed by atoms with E-state index < -0.39 is 12.7 Å². The number of alkyl halides is 3. The zero-order valence-electron chi connectivity index (χ0n) is 16.5. The van der Waals surface area contributed by atoms with Crippen LogP contribution in [-0.2, 0) is 0 Å². The van der Waals surface area contributed by atoms with Gasteiger partial charge >= 0.3 is 6.18 Å². The van der Waals surface area contributed by atoms with E-state index in [1.807, 2.05) is 18.2 Å². The second-order valence-electron chi connectivity index (χ2n) is 7.77. The van der Waals surface area contributed by atoms with Crippen molar-refractivity contribution in [2.24, 2.45) is 10.9 Å². The van der Waals surface area contributed by atoms with Crippen molar-refractivity contribution in [1.82, 2.24) is 15.5 Å². The van der Waals surface area contributed by atoms with Crippen LogP contribution in [0.15, 0.2) is 29.3 Å². The van der Waals surface area contributed by atoms with Crippen LogP contribution in [0.1, 0.15) is 37.2 Å². The summed E-state index contributed by atoms with van der Waals surface area (Å²) < 4.78 is 37.4. The lowest BCUT2D eigenvalue weighted by atomic mass is 9.93. The number of halogens is 5. The molecule has 3 rings (SSSR count). The topological polar surface area (TPSA) is 39.7 Å². The number of piperidine rings is 1. The van der Waals surface area contributed by atoms with Gasteiger partial charge in [-0.3, -0.25) is 9.89 Å². The molecule has 9 heteroatoms. The van der Waals surface area contributed by atoms with Gasteiger partial charge in [-0.25, -0.2) is 0 Å². The maximum absolute atomic E-state index is 12.5. The summed E-state index contributed by atoms with van der Waals surface area (Å²) in [5.41, 5.74) is 1.24. The zero-order valence-corrected chi connectivity index (χ0v) is 19.6. The number of nitrogens with zero attached hydrogens (tertiary/aromatic N) is 2. The lowest BCUT2D eigenvalue weighted by Gasteiger charge is -2.32. The molecule has 0 bridgehead atoms. The number of hydrogen-bond donors (Lipinski definition) is 2. The highest BCUT2D eigenvalue weighted by Gasteiger charge is 2.39.